The van der Waals surface area contributed by atoms with Crippen LogP contribution in [0.1, 0.15) is 207 Å². The molecule has 14 aromatic rings. The molecule has 0 radical (unpaired) electrons. The monoisotopic (exact) mass is 1880 g/mol. The summed E-state index contributed by atoms with van der Waals surface area (Å²) in [6.45, 7) is 69.3. The summed E-state index contributed by atoms with van der Waals surface area (Å²) in [4.78, 5) is 10.4. The third kappa shape index (κ3) is 44.3. The zero-order valence-electron chi connectivity index (χ0n) is 88.4. The molecular formula is C124H159Cl3FNO6. The number of aliphatic hydroxyl groups is 1. The minimum Gasteiger partial charge on any atom is -0.497 e. The van der Waals surface area contributed by atoms with Crippen LogP contribution >= 0.6 is 34.8 Å². The first-order valence-corrected chi connectivity index (χ1v) is 47.2. The number of aryl methyl sites for hydroxylation is 19. The van der Waals surface area contributed by atoms with E-state index in [4.69, 9.17) is 64.6 Å². The maximum absolute atomic E-state index is 12.6. The molecule has 0 aromatic heterocycles. The van der Waals surface area contributed by atoms with Gasteiger partial charge in [-0.2, -0.15) is 0 Å². The number of anilines is 1. The van der Waals surface area contributed by atoms with Crippen molar-refractivity contribution < 1.29 is 33.2 Å². The molecule has 0 saturated carbocycles. The number of hydrogen-bond donors (Lipinski definition) is 2. The molecular weight excluding hydrogens is 1720 g/mol. The number of ether oxygens (including phenoxy) is 4. The van der Waals surface area contributed by atoms with Crippen LogP contribution in [0.15, 0.2) is 249 Å². The number of para-hydroxylation sites is 1. The molecule has 14 rings (SSSR count). The zero-order chi connectivity index (χ0) is 102. The molecule has 135 heavy (non-hydrogen) atoms. The number of carbonyl (C=O) groups is 1. The van der Waals surface area contributed by atoms with E-state index in [-0.39, 0.29) is 12.4 Å². The molecule has 0 atom stereocenters. The van der Waals surface area contributed by atoms with E-state index in [1.54, 1.807) is 34.3 Å². The number of nitrogen functional groups attached to an aromatic ring is 1. The lowest BCUT2D eigenvalue weighted by atomic mass is 10.0. The lowest BCUT2D eigenvalue weighted by Gasteiger charge is -2.11. The summed E-state index contributed by atoms with van der Waals surface area (Å²) in [5, 5.41) is 11.6. The first kappa shape index (κ1) is 122. The lowest BCUT2D eigenvalue weighted by molar-refractivity contribution is 0.112. The van der Waals surface area contributed by atoms with E-state index in [9.17, 15) is 9.18 Å². The third-order valence-electron chi connectivity index (χ3n) is 24.7. The summed E-state index contributed by atoms with van der Waals surface area (Å²) in [6.07, 6.45) is 1.96. The van der Waals surface area contributed by atoms with Crippen LogP contribution in [0.2, 0.25) is 15.1 Å². The van der Waals surface area contributed by atoms with Crippen molar-refractivity contribution in [3.8, 4) is 23.0 Å². The fraction of sp³-hybridized carbons (Fsp3) is 0.315. The maximum atomic E-state index is 12.6. The predicted molar refractivity (Wildman–Crippen MR) is 588 cm³/mol. The Labute approximate surface area is 831 Å². The molecule has 0 fully saturated rings. The Kier molecular flexibility index (Phi) is 58.7. The highest BCUT2D eigenvalue weighted by molar-refractivity contribution is 6.32. The van der Waals surface area contributed by atoms with E-state index in [0.29, 0.717) is 0 Å². The van der Waals surface area contributed by atoms with Gasteiger partial charge in [0.2, 0.25) is 0 Å². The van der Waals surface area contributed by atoms with Crippen molar-refractivity contribution in [2.45, 2.75) is 242 Å². The van der Waals surface area contributed by atoms with Crippen LogP contribution in [0, 0.1) is 227 Å². The highest BCUT2D eigenvalue weighted by Crippen LogP contribution is 2.33. The largest absolute Gasteiger partial charge is 0.497 e. The Bertz CT molecular complexity index is 5120. The van der Waals surface area contributed by atoms with Gasteiger partial charge in [0.05, 0.1) is 34.5 Å². The smallest absolute Gasteiger partial charge is 0.163 e. The fourth-order valence-corrected chi connectivity index (χ4v) is 12.9. The Hall–Kier alpha value is -11.5. The van der Waals surface area contributed by atoms with Gasteiger partial charge in [-0.1, -0.05) is 236 Å². The molecule has 0 aliphatic rings. The molecule has 0 spiro atoms. The standard InChI is InChI=1S/2C10H14O2.C10H14O.C9H13N.C9H10O.4C9H12.3C8H9Cl.C8H9F.C8H10/c1-7-4-10(12-3)5-9(6-11)8(7)2;1-7-5-6-9(11-3)10(12-4)8(7)2;1-3-8-11-10-7-5-4-6-9(10)2;1-6-4-5-9(10)8(3)7(6)2;1-7-4-3-5-9(6-10)8(7)2;4*1-7-5-4-6-8(2)9(7)3;4*1-6-4-3-5-8(9)7(6)2;1-7-5-3-4-6-8(7)2/h4-5,11H,6H2,1-3H3;5-6H,1-4H3;4-7H,3,8H2,1-2H3;4-5H,10H2,1-3H3;3-6H,1-2H3;4*4-6H,1-3H3;4*3-5H,1-2H3;3-6H,1-2H3. The van der Waals surface area contributed by atoms with Crippen molar-refractivity contribution in [2.24, 2.45) is 0 Å². The summed E-state index contributed by atoms with van der Waals surface area (Å²) in [5.74, 6) is 3.32. The number of methoxy groups -OCH3 is 3. The van der Waals surface area contributed by atoms with Crippen molar-refractivity contribution in [3.05, 3.63) is 459 Å². The van der Waals surface area contributed by atoms with Gasteiger partial charge in [0.15, 0.2) is 11.5 Å². The fourth-order valence-electron chi connectivity index (χ4n) is 12.3. The van der Waals surface area contributed by atoms with E-state index in [0.717, 1.165) is 108 Å². The van der Waals surface area contributed by atoms with Gasteiger partial charge < -0.3 is 29.8 Å². The molecule has 0 amide bonds. The van der Waals surface area contributed by atoms with E-state index >= 15 is 0 Å². The number of halogens is 4. The highest BCUT2D eigenvalue weighted by atomic mass is 35.5. The number of carbonyl (C=O) groups excluding carboxylic acids is 1. The molecule has 724 valence electrons. The molecule has 0 saturated heterocycles. The summed E-state index contributed by atoms with van der Waals surface area (Å²) in [7, 11) is 4.93. The van der Waals surface area contributed by atoms with Crippen LogP contribution in [0.25, 0.3) is 0 Å². The molecule has 14 aromatic carbocycles. The number of hydrogen-bond acceptors (Lipinski definition) is 7. The molecule has 11 heteroatoms. The number of rotatable bonds is 8. The van der Waals surface area contributed by atoms with Crippen molar-refractivity contribution in [1.82, 2.24) is 0 Å². The number of benzene rings is 14. The van der Waals surface area contributed by atoms with E-state index < -0.39 is 0 Å². The zero-order valence-corrected chi connectivity index (χ0v) is 90.7. The second-order valence-corrected chi connectivity index (χ2v) is 35.5. The van der Waals surface area contributed by atoms with Crippen molar-refractivity contribution in [2.75, 3.05) is 33.7 Å². The van der Waals surface area contributed by atoms with Gasteiger partial charge in [-0.15, -0.1) is 0 Å². The Morgan fingerprint density at radius 2 is 0.585 bits per heavy atom. The summed E-state index contributed by atoms with van der Waals surface area (Å²) >= 11 is 17.4. The SMILES string of the molecule is CCCOc1ccccc1C.COc1cc(C)c(C)c(CO)c1.COc1ccc(C)c(C)c1OC.Cc1ccc(N)c(C)c1C.Cc1cccc(C)c1C.Cc1cccc(C)c1C.Cc1cccc(C)c1C.Cc1cccc(C)c1C.Cc1cccc(C=O)c1C.Cc1cccc(Cl)c1C.Cc1cccc(Cl)c1C.Cc1cccc(Cl)c1C.Cc1cccc(F)c1C.Cc1ccccc1C. The number of aliphatic hydroxyl groups excluding tert-OH is 1. The van der Waals surface area contributed by atoms with E-state index in [1.165, 1.54) is 151 Å². The summed E-state index contributed by atoms with van der Waals surface area (Å²) < 4.78 is 33.5. The Morgan fingerprint density at radius 3 is 0.867 bits per heavy atom. The van der Waals surface area contributed by atoms with Crippen LogP contribution in [-0.4, -0.2) is 39.3 Å². The van der Waals surface area contributed by atoms with Crippen LogP contribution in [0.4, 0.5) is 10.1 Å². The number of nitrogens with two attached hydrogens (primary N) is 1. The van der Waals surface area contributed by atoms with Crippen LogP contribution in [0.5, 0.6) is 23.0 Å². The van der Waals surface area contributed by atoms with Gasteiger partial charge in [-0.05, 0) is 466 Å². The molecule has 7 nitrogen and oxygen atoms in total. The van der Waals surface area contributed by atoms with Crippen molar-refractivity contribution in [1.29, 1.82) is 0 Å². The van der Waals surface area contributed by atoms with E-state index in [2.05, 4.69) is 287 Å². The Morgan fingerprint density at radius 1 is 0.281 bits per heavy atom. The molecule has 0 bridgehead atoms. The highest BCUT2D eigenvalue weighted by Gasteiger charge is 2.09. The molecule has 3 N–H and O–H groups in total. The van der Waals surface area contributed by atoms with Crippen LogP contribution in [0.3, 0.4) is 0 Å². The molecule has 0 heterocycles. The summed E-state index contributed by atoms with van der Waals surface area (Å²) in [6, 6.07) is 82.3. The second kappa shape index (κ2) is 65.2. The minimum absolute atomic E-state index is 0.0733. The third-order valence-corrected chi connectivity index (χ3v) is 26.0. The normalized spacial score (nSPS) is 9.67. The van der Waals surface area contributed by atoms with Gasteiger partial charge in [-0.3, -0.25) is 4.79 Å². The quantitative estimate of drug-likeness (QED) is 0.115. The average molecular weight is 1880 g/mol. The van der Waals surface area contributed by atoms with Gasteiger partial charge in [0, 0.05) is 26.3 Å². The lowest BCUT2D eigenvalue weighted by Crippen LogP contribution is -1.95. The number of aldehydes is 1. The van der Waals surface area contributed by atoms with Gasteiger partial charge in [0.1, 0.15) is 23.6 Å². The second-order valence-electron chi connectivity index (χ2n) is 34.3. The van der Waals surface area contributed by atoms with Crippen molar-refractivity contribution >= 4 is 46.8 Å². The predicted octanol–water partition coefficient (Wildman–Crippen LogP) is 35.3. The Balaban J connectivity index is 0.000000728. The molecule has 0 unspecified atom stereocenters. The molecule has 0 aliphatic heterocycles. The first-order valence-electron chi connectivity index (χ1n) is 46.1. The minimum atomic E-state index is -0.116. The van der Waals surface area contributed by atoms with Gasteiger partial charge in [0.25, 0.3) is 0 Å². The topological polar surface area (TPSA) is 100 Å². The molecule has 0 aliphatic carbocycles. The van der Waals surface area contributed by atoms with Gasteiger partial charge >= 0.3 is 0 Å². The summed E-state index contributed by atoms with van der Waals surface area (Å²) in [5.41, 5.74) is 48.8. The average Bonchev–Trinajstić information content (AvgIpc) is 0.799. The van der Waals surface area contributed by atoms with Crippen LogP contribution in [-0.2, 0) is 6.61 Å². The van der Waals surface area contributed by atoms with Crippen molar-refractivity contribution in [3.63, 3.8) is 0 Å². The maximum Gasteiger partial charge on any atom is 0.163 e. The van der Waals surface area contributed by atoms with Crippen LogP contribution < -0.4 is 24.7 Å². The van der Waals surface area contributed by atoms with Gasteiger partial charge in [-0.25, -0.2) is 4.39 Å². The first-order chi connectivity index (χ1) is 63.6. The van der Waals surface area contributed by atoms with E-state index in [1.807, 2.05) is 172 Å².